The van der Waals surface area contributed by atoms with Gasteiger partial charge < -0.3 is 9.32 Å². The molecular weight excluding hydrogens is 274 g/mol. The first-order valence-electron chi connectivity index (χ1n) is 7.49. The zero-order chi connectivity index (χ0) is 15.5. The van der Waals surface area contributed by atoms with E-state index in [1.807, 2.05) is 24.3 Å². The van der Waals surface area contributed by atoms with Gasteiger partial charge in [0.2, 0.25) is 0 Å². The summed E-state index contributed by atoms with van der Waals surface area (Å²) in [7, 11) is 1.79. The van der Waals surface area contributed by atoms with Crippen molar-refractivity contribution in [2.24, 2.45) is 0 Å². The first-order valence-corrected chi connectivity index (χ1v) is 7.49. The number of carbonyl (C=O) groups excluding carboxylic acids is 1. The average molecular weight is 293 g/mol. The number of rotatable bonds is 4. The molecule has 0 N–H and O–H groups in total. The summed E-state index contributed by atoms with van der Waals surface area (Å²) in [5.41, 5.74) is 3.16. The number of nitrogens with zero attached hydrogens (tertiary/aromatic N) is 1. The monoisotopic (exact) mass is 293 g/mol. The summed E-state index contributed by atoms with van der Waals surface area (Å²) in [6, 6.07) is 17.8. The molecule has 0 aliphatic heterocycles. The van der Waals surface area contributed by atoms with Crippen LogP contribution in [0.1, 0.15) is 28.6 Å². The molecule has 1 aromatic heterocycles. The lowest BCUT2D eigenvalue weighted by molar-refractivity contribution is 0.0756. The van der Waals surface area contributed by atoms with E-state index in [2.05, 4.69) is 31.2 Å². The van der Waals surface area contributed by atoms with Gasteiger partial charge in [0.05, 0.1) is 0 Å². The van der Waals surface area contributed by atoms with E-state index in [1.165, 1.54) is 5.56 Å². The maximum atomic E-state index is 12.5. The van der Waals surface area contributed by atoms with Crippen molar-refractivity contribution in [2.45, 2.75) is 19.9 Å². The number of benzene rings is 2. The van der Waals surface area contributed by atoms with Crippen LogP contribution >= 0.6 is 0 Å². The number of para-hydroxylation sites is 1. The van der Waals surface area contributed by atoms with Crippen molar-refractivity contribution < 1.29 is 9.21 Å². The van der Waals surface area contributed by atoms with Gasteiger partial charge in [0.1, 0.15) is 5.58 Å². The van der Waals surface area contributed by atoms with Crippen LogP contribution < -0.4 is 0 Å². The second-order valence-electron chi connectivity index (χ2n) is 5.48. The molecule has 112 valence electrons. The third-order valence-corrected chi connectivity index (χ3v) is 3.83. The molecule has 3 rings (SSSR count). The fraction of sp³-hybridized carbons (Fsp3) is 0.211. The Morgan fingerprint density at radius 2 is 1.73 bits per heavy atom. The zero-order valence-corrected chi connectivity index (χ0v) is 12.9. The molecule has 0 bridgehead atoms. The van der Waals surface area contributed by atoms with Gasteiger partial charge in [-0.2, -0.15) is 0 Å². The van der Waals surface area contributed by atoms with E-state index < -0.39 is 0 Å². The van der Waals surface area contributed by atoms with Crippen LogP contribution in [0.3, 0.4) is 0 Å². The van der Waals surface area contributed by atoms with Crippen LogP contribution in [0.4, 0.5) is 0 Å². The van der Waals surface area contributed by atoms with Crippen molar-refractivity contribution in [1.29, 1.82) is 0 Å². The molecule has 3 aromatic rings. The van der Waals surface area contributed by atoms with Crippen molar-refractivity contribution in [2.75, 3.05) is 7.05 Å². The van der Waals surface area contributed by atoms with Gasteiger partial charge in [-0.25, -0.2) is 0 Å². The van der Waals surface area contributed by atoms with Gasteiger partial charge in [-0.3, -0.25) is 4.79 Å². The molecule has 0 aliphatic rings. The Kier molecular flexibility index (Phi) is 3.96. The standard InChI is InChI=1S/C19H19NO2/c1-3-14-8-10-15(11-9-14)13-20(2)19(21)18-12-16-6-4-5-7-17(16)22-18/h4-12H,3,13H2,1-2H3. The molecular formula is C19H19NO2. The largest absolute Gasteiger partial charge is 0.451 e. The van der Waals surface area contributed by atoms with Crippen LogP contribution in [0.2, 0.25) is 0 Å². The minimum absolute atomic E-state index is 0.101. The highest BCUT2D eigenvalue weighted by Gasteiger charge is 2.16. The summed E-state index contributed by atoms with van der Waals surface area (Å²) in [6.45, 7) is 2.70. The topological polar surface area (TPSA) is 33.5 Å². The molecule has 0 atom stereocenters. The van der Waals surface area contributed by atoms with Gasteiger partial charge >= 0.3 is 0 Å². The summed E-state index contributed by atoms with van der Waals surface area (Å²) >= 11 is 0. The smallest absolute Gasteiger partial charge is 0.289 e. The maximum Gasteiger partial charge on any atom is 0.289 e. The number of aryl methyl sites for hydroxylation is 1. The molecule has 0 unspecified atom stereocenters. The average Bonchev–Trinajstić information content (AvgIpc) is 2.98. The molecule has 22 heavy (non-hydrogen) atoms. The van der Waals surface area contributed by atoms with E-state index in [1.54, 1.807) is 18.0 Å². The van der Waals surface area contributed by atoms with Crippen LogP contribution in [-0.2, 0) is 13.0 Å². The SMILES string of the molecule is CCc1ccc(CN(C)C(=O)c2cc3ccccc3o2)cc1. The minimum atomic E-state index is -0.101. The Bertz CT molecular complexity index is 754. The number of carbonyl (C=O) groups is 1. The number of amides is 1. The van der Waals surface area contributed by atoms with Crippen LogP contribution in [0, 0.1) is 0 Å². The highest BCUT2D eigenvalue weighted by molar-refractivity contribution is 5.95. The molecule has 0 saturated carbocycles. The number of furan rings is 1. The number of hydrogen-bond acceptors (Lipinski definition) is 2. The van der Waals surface area contributed by atoms with Gasteiger partial charge in [-0.05, 0) is 29.7 Å². The normalized spacial score (nSPS) is 10.8. The first-order chi connectivity index (χ1) is 10.7. The fourth-order valence-electron chi connectivity index (χ4n) is 2.50. The van der Waals surface area contributed by atoms with Gasteiger partial charge in [0, 0.05) is 19.0 Å². The second kappa shape index (κ2) is 6.06. The van der Waals surface area contributed by atoms with E-state index in [4.69, 9.17) is 4.42 Å². The van der Waals surface area contributed by atoms with Crippen molar-refractivity contribution in [3.8, 4) is 0 Å². The molecule has 2 aromatic carbocycles. The van der Waals surface area contributed by atoms with Crippen molar-refractivity contribution in [3.63, 3.8) is 0 Å². The second-order valence-corrected chi connectivity index (χ2v) is 5.48. The first kappa shape index (κ1) is 14.4. The third-order valence-electron chi connectivity index (χ3n) is 3.83. The molecule has 3 nitrogen and oxygen atoms in total. The molecule has 1 heterocycles. The van der Waals surface area contributed by atoms with Gasteiger partial charge in [0.15, 0.2) is 5.76 Å². The maximum absolute atomic E-state index is 12.5. The highest BCUT2D eigenvalue weighted by atomic mass is 16.3. The predicted octanol–water partition coefficient (Wildman–Crippen LogP) is 4.27. The van der Waals surface area contributed by atoms with E-state index in [-0.39, 0.29) is 5.91 Å². The molecule has 0 radical (unpaired) electrons. The lowest BCUT2D eigenvalue weighted by Gasteiger charge is -2.16. The number of fused-ring (bicyclic) bond motifs is 1. The Morgan fingerprint density at radius 3 is 2.41 bits per heavy atom. The molecule has 1 amide bonds. The van der Waals surface area contributed by atoms with Crippen molar-refractivity contribution >= 4 is 16.9 Å². The lowest BCUT2D eigenvalue weighted by Crippen LogP contribution is -2.25. The van der Waals surface area contributed by atoms with Gasteiger partial charge in [-0.15, -0.1) is 0 Å². The van der Waals surface area contributed by atoms with E-state index in [9.17, 15) is 4.79 Å². The fourth-order valence-corrected chi connectivity index (χ4v) is 2.50. The van der Waals surface area contributed by atoms with Crippen molar-refractivity contribution in [3.05, 3.63) is 71.5 Å². The van der Waals surface area contributed by atoms with E-state index in [0.29, 0.717) is 12.3 Å². The summed E-state index contributed by atoms with van der Waals surface area (Å²) in [4.78, 5) is 14.2. The quantitative estimate of drug-likeness (QED) is 0.720. The van der Waals surface area contributed by atoms with Crippen LogP contribution in [0.5, 0.6) is 0 Å². The lowest BCUT2D eigenvalue weighted by atomic mass is 10.1. The Balaban J connectivity index is 1.75. The Morgan fingerprint density at radius 1 is 1.05 bits per heavy atom. The zero-order valence-electron chi connectivity index (χ0n) is 12.9. The highest BCUT2D eigenvalue weighted by Crippen LogP contribution is 2.20. The molecule has 3 heteroatoms. The van der Waals surface area contributed by atoms with E-state index in [0.717, 1.165) is 23.0 Å². The summed E-state index contributed by atoms with van der Waals surface area (Å²) in [5.74, 6) is 0.282. The van der Waals surface area contributed by atoms with Gasteiger partial charge in [-0.1, -0.05) is 49.4 Å². The van der Waals surface area contributed by atoms with Crippen LogP contribution in [-0.4, -0.2) is 17.9 Å². The summed E-state index contributed by atoms with van der Waals surface area (Å²) < 4.78 is 5.63. The predicted molar refractivity (Wildman–Crippen MR) is 87.8 cm³/mol. The summed E-state index contributed by atoms with van der Waals surface area (Å²) in [6.07, 6.45) is 1.02. The minimum Gasteiger partial charge on any atom is -0.451 e. The Labute approximate surface area is 130 Å². The molecule has 0 aliphatic carbocycles. The summed E-state index contributed by atoms with van der Waals surface area (Å²) in [5, 5.41) is 0.951. The van der Waals surface area contributed by atoms with E-state index >= 15 is 0 Å². The molecule has 0 saturated heterocycles. The van der Waals surface area contributed by atoms with Crippen molar-refractivity contribution in [1.82, 2.24) is 4.90 Å². The third kappa shape index (κ3) is 2.89. The Hall–Kier alpha value is -2.55. The molecule has 0 fully saturated rings. The van der Waals surface area contributed by atoms with Crippen LogP contribution in [0.15, 0.2) is 59.0 Å². The van der Waals surface area contributed by atoms with Crippen LogP contribution in [0.25, 0.3) is 11.0 Å². The number of hydrogen-bond donors (Lipinski definition) is 0. The van der Waals surface area contributed by atoms with Gasteiger partial charge in [0.25, 0.3) is 5.91 Å². The molecule has 0 spiro atoms.